The molecule has 135 heavy (non-hydrogen) atoms. The number of hydrogen-bond acceptors (Lipinski definition) is 8. The van der Waals surface area contributed by atoms with Crippen molar-refractivity contribution in [3.8, 4) is 100 Å². The second kappa shape index (κ2) is 36.7. The number of nitrogens with zero attached hydrogens (tertiary/aromatic N) is 7. The molecule has 8 nitrogen and oxygen atoms in total. The minimum absolute atomic E-state index is 0.101. The van der Waals surface area contributed by atoms with Gasteiger partial charge in [0.25, 0.3) is 0 Å². The fourth-order valence-corrected chi connectivity index (χ4v) is 20.1. The predicted octanol–water partition coefficient (Wildman–Crippen LogP) is 35.8. The molecular formula is C124H105BrN8S2. The fourth-order valence-electron chi connectivity index (χ4n) is 18.4. The highest BCUT2D eigenvalue weighted by atomic mass is 79.9. The van der Waals surface area contributed by atoms with E-state index in [2.05, 4.69) is 540 Å². The standard InChI is InChI=1S/C62H52N4S.C32H35N.C30H18BrN3S/c1-61(2,3)48-27-16-42(17-28-48)45-20-31-50(32-21-45)65(51-33-22-46(23-34-51)43-18-29-49(30-19-43)62(4,5)6)58-39-37-53(59-60(58)64-67-63-59)47-26-38-57-55(40-47)54-14-10-11-15-56(54)66(57)52-35-24-44(25-36-52)41-12-8-7-9-13-41;1-31(2,3)27-15-7-23(8-16-27)25-11-19-29(20-12-25)33-30-21-13-26(14-22-30)24-9-17-28(18-10-24)32(4,5)6;31-26-16-15-23(29-30(26)33-35-32-29)21-12-17-28-25(18-21)24-8-4-5-9-27(24)34(28)22-13-10-20(11-14-22)19-6-2-1-3-7-19/h7-40H,1-6H3;7-22,33H,1-6H3;1-18H. The van der Waals surface area contributed by atoms with Crippen molar-refractivity contribution in [2.45, 2.75) is 105 Å². The Bertz CT molecular complexity index is 7800. The summed E-state index contributed by atoms with van der Waals surface area (Å²) in [6.07, 6.45) is 0. The van der Waals surface area contributed by atoms with Gasteiger partial charge < -0.3 is 19.4 Å². The average Bonchev–Trinajstić information content (AvgIpc) is 1.60. The minimum Gasteiger partial charge on any atom is -0.356 e. The zero-order chi connectivity index (χ0) is 92.9. The van der Waals surface area contributed by atoms with Gasteiger partial charge in [0.05, 0.1) is 51.2 Å². The lowest BCUT2D eigenvalue weighted by atomic mass is 9.86. The number of halogens is 1. The van der Waals surface area contributed by atoms with E-state index < -0.39 is 0 Å². The molecule has 22 rings (SSSR count). The highest BCUT2D eigenvalue weighted by Gasteiger charge is 2.26. The molecule has 4 aromatic heterocycles. The summed E-state index contributed by atoms with van der Waals surface area (Å²) in [7, 11) is 0. The van der Waals surface area contributed by atoms with Crippen LogP contribution in [0.2, 0.25) is 0 Å². The first kappa shape index (κ1) is 88.2. The molecule has 0 aliphatic carbocycles. The van der Waals surface area contributed by atoms with Gasteiger partial charge in [-0.05, 0) is 265 Å². The Morgan fingerprint density at radius 3 is 0.852 bits per heavy atom. The van der Waals surface area contributed by atoms with Crippen molar-refractivity contribution < 1.29 is 0 Å². The van der Waals surface area contributed by atoms with Crippen molar-refractivity contribution in [2.75, 3.05) is 10.2 Å². The van der Waals surface area contributed by atoms with Crippen molar-refractivity contribution in [1.82, 2.24) is 26.6 Å². The Morgan fingerprint density at radius 2 is 0.504 bits per heavy atom. The maximum atomic E-state index is 5.03. The number of hydrogen-bond donors (Lipinski definition) is 1. The first-order valence-electron chi connectivity index (χ1n) is 46.3. The van der Waals surface area contributed by atoms with Crippen LogP contribution < -0.4 is 10.2 Å². The molecule has 0 fully saturated rings. The maximum absolute atomic E-state index is 5.03. The lowest BCUT2D eigenvalue weighted by Gasteiger charge is -2.26. The zero-order valence-corrected chi connectivity index (χ0v) is 81.3. The molecule has 0 saturated heterocycles. The van der Waals surface area contributed by atoms with Crippen LogP contribution in [0.15, 0.2) is 417 Å². The summed E-state index contributed by atoms with van der Waals surface area (Å²) < 4.78 is 24.8. The topological polar surface area (TPSA) is 76.7 Å². The van der Waals surface area contributed by atoms with Crippen LogP contribution in [0.5, 0.6) is 0 Å². The first-order valence-corrected chi connectivity index (χ1v) is 48.6. The van der Waals surface area contributed by atoms with E-state index in [1.54, 1.807) is 0 Å². The Morgan fingerprint density at radius 1 is 0.237 bits per heavy atom. The summed E-state index contributed by atoms with van der Waals surface area (Å²) in [6.45, 7) is 27.0. The minimum atomic E-state index is 0.101. The van der Waals surface area contributed by atoms with E-state index in [0.29, 0.717) is 0 Å². The number of benzene rings is 18. The Kier molecular flexibility index (Phi) is 24.0. The molecule has 0 bridgehead atoms. The lowest BCUT2D eigenvalue weighted by Crippen LogP contribution is -2.11. The normalized spacial score (nSPS) is 11.9. The van der Waals surface area contributed by atoms with Crippen LogP contribution in [0, 0.1) is 0 Å². The summed E-state index contributed by atoms with van der Waals surface area (Å²) in [5.41, 5.74) is 40.8. The van der Waals surface area contributed by atoms with Crippen LogP contribution in [0.4, 0.5) is 28.4 Å². The molecule has 660 valence electrons. The van der Waals surface area contributed by atoms with E-state index in [-0.39, 0.29) is 21.7 Å². The number of anilines is 5. The summed E-state index contributed by atoms with van der Waals surface area (Å²) >= 11 is 6.12. The highest BCUT2D eigenvalue weighted by Crippen LogP contribution is 2.47. The van der Waals surface area contributed by atoms with Gasteiger partial charge in [-0.2, -0.15) is 17.5 Å². The SMILES string of the molecule is Brc1ccc(-c2ccc3c(c2)c2ccccc2n3-c2ccc(-c3ccccc3)cc2)c2nsnc12.CC(C)(C)c1ccc(-c2ccc(N(c3ccc(-c4ccc(C(C)(C)C)cc4)cc3)c3ccc(-c4ccc5c(c4)c4ccccc4n5-c4ccc(-c5ccccc5)cc4)c4nsnc34)cc2)cc1.CC(C)(C)c1ccc(-c2ccc(Nc3ccc(-c4ccc(C(C)(C)C)cc4)cc3)cc2)cc1. The molecule has 1 N–H and O–H groups in total. The van der Waals surface area contributed by atoms with E-state index in [1.165, 1.54) is 151 Å². The van der Waals surface area contributed by atoms with Gasteiger partial charge in [0.2, 0.25) is 0 Å². The highest BCUT2D eigenvalue weighted by molar-refractivity contribution is 9.10. The molecular weight excluding hydrogens is 1750 g/mol. The van der Waals surface area contributed by atoms with Crippen molar-refractivity contribution in [2.24, 2.45) is 0 Å². The Labute approximate surface area is 808 Å². The second-order valence-electron chi connectivity index (χ2n) is 39.2. The molecule has 0 unspecified atom stereocenters. The summed E-state index contributed by atoms with van der Waals surface area (Å²) in [5.74, 6) is 0. The Balaban J connectivity index is 0.000000139. The van der Waals surface area contributed by atoms with Crippen LogP contribution in [0.1, 0.15) is 105 Å². The van der Waals surface area contributed by atoms with E-state index >= 15 is 0 Å². The van der Waals surface area contributed by atoms with E-state index in [1.807, 2.05) is 0 Å². The van der Waals surface area contributed by atoms with Gasteiger partial charge >= 0.3 is 0 Å². The average molecular weight is 1850 g/mol. The largest absolute Gasteiger partial charge is 0.356 e. The van der Waals surface area contributed by atoms with Gasteiger partial charge in [0.15, 0.2) is 0 Å². The third kappa shape index (κ3) is 18.3. The van der Waals surface area contributed by atoms with E-state index in [0.717, 1.165) is 94.1 Å². The molecule has 0 spiro atoms. The third-order valence-electron chi connectivity index (χ3n) is 26.1. The molecule has 0 radical (unpaired) electrons. The number of aromatic nitrogens is 6. The number of nitrogens with one attached hydrogen (secondary N) is 1. The van der Waals surface area contributed by atoms with Crippen molar-refractivity contribution >= 4 is 134 Å². The molecule has 0 amide bonds. The molecule has 18 aromatic carbocycles. The van der Waals surface area contributed by atoms with Gasteiger partial charge in [0, 0.05) is 71.3 Å². The van der Waals surface area contributed by atoms with Gasteiger partial charge in [0.1, 0.15) is 22.1 Å². The molecule has 0 atom stereocenters. The summed E-state index contributed by atoms with van der Waals surface area (Å²) in [4.78, 5) is 2.33. The third-order valence-corrected chi connectivity index (χ3v) is 27.8. The van der Waals surface area contributed by atoms with Crippen LogP contribution in [0.3, 0.4) is 0 Å². The number of para-hydroxylation sites is 2. The predicted molar refractivity (Wildman–Crippen MR) is 580 cm³/mol. The first-order chi connectivity index (χ1) is 65.3. The summed E-state index contributed by atoms with van der Waals surface area (Å²) in [6, 6.07) is 149. The van der Waals surface area contributed by atoms with E-state index in [9.17, 15) is 0 Å². The fraction of sp³-hybridized carbons (Fsp3) is 0.129. The van der Waals surface area contributed by atoms with Crippen LogP contribution in [-0.2, 0) is 21.7 Å². The smallest absolute Gasteiger partial charge is 0.129 e. The monoisotopic (exact) mass is 1850 g/mol. The lowest BCUT2D eigenvalue weighted by molar-refractivity contribution is 0.590. The van der Waals surface area contributed by atoms with Crippen molar-refractivity contribution in [3.63, 3.8) is 0 Å². The van der Waals surface area contributed by atoms with Crippen LogP contribution in [0.25, 0.3) is 166 Å². The number of rotatable bonds is 15. The quantitative estimate of drug-likeness (QED) is 0.110. The van der Waals surface area contributed by atoms with E-state index in [4.69, 9.17) is 8.75 Å². The molecule has 0 aliphatic rings. The molecule has 11 heteroatoms. The summed E-state index contributed by atoms with van der Waals surface area (Å²) in [5, 5.41) is 8.39. The van der Waals surface area contributed by atoms with Crippen molar-refractivity contribution in [1.29, 1.82) is 0 Å². The second-order valence-corrected chi connectivity index (χ2v) is 41.1. The van der Waals surface area contributed by atoms with Crippen molar-refractivity contribution in [3.05, 3.63) is 439 Å². The Hall–Kier alpha value is -14.7. The molecule has 22 aromatic rings. The van der Waals surface area contributed by atoms with Gasteiger partial charge in [-0.1, -0.05) is 368 Å². The van der Waals surface area contributed by atoms with Crippen LogP contribution in [-0.4, -0.2) is 26.6 Å². The number of fused-ring (bicyclic) bond motifs is 8. The van der Waals surface area contributed by atoms with Gasteiger partial charge in [-0.3, -0.25) is 0 Å². The molecule has 4 heterocycles. The maximum Gasteiger partial charge on any atom is 0.129 e. The van der Waals surface area contributed by atoms with Gasteiger partial charge in [-0.15, -0.1) is 0 Å². The van der Waals surface area contributed by atoms with Crippen LogP contribution >= 0.6 is 39.4 Å². The van der Waals surface area contributed by atoms with Gasteiger partial charge in [-0.25, -0.2) is 0 Å². The zero-order valence-electron chi connectivity index (χ0n) is 78.1. The molecule has 0 saturated carbocycles. The molecule has 0 aliphatic heterocycles.